The number of anilines is 1. The molecule has 2 aliphatic rings. The second-order valence-electron chi connectivity index (χ2n) is 8.18. The van der Waals surface area contributed by atoms with E-state index in [0.29, 0.717) is 11.4 Å². The van der Waals surface area contributed by atoms with Gasteiger partial charge in [0, 0.05) is 37.9 Å². The van der Waals surface area contributed by atoms with Crippen LogP contribution in [0.2, 0.25) is 0 Å². The molecule has 0 atom stereocenters. The number of hydrogen-bond acceptors (Lipinski definition) is 5. The Balaban J connectivity index is 1.68. The predicted octanol–water partition coefficient (Wildman–Crippen LogP) is 4.01. The highest BCUT2D eigenvalue weighted by Crippen LogP contribution is 2.29. The molecule has 1 aromatic carbocycles. The van der Waals surface area contributed by atoms with Gasteiger partial charge in [0.15, 0.2) is 5.82 Å². The van der Waals surface area contributed by atoms with Crippen molar-refractivity contribution in [1.82, 2.24) is 14.9 Å². The van der Waals surface area contributed by atoms with Crippen LogP contribution in [0.3, 0.4) is 0 Å². The van der Waals surface area contributed by atoms with Gasteiger partial charge in [-0.15, -0.1) is 0 Å². The number of benzene rings is 1. The molecule has 1 aromatic heterocycles. The Morgan fingerprint density at radius 2 is 1.72 bits per heavy atom. The van der Waals surface area contributed by atoms with E-state index in [2.05, 4.69) is 16.8 Å². The lowest BCUT2D eigenvalue weighted by molar-refractivity contribution is 0.0724. The largest absolute Gasteiger partial charge is 0.497 e. The number of piperidine rings is 2. The molecule has 1 amide bonds. The van der Waals surface area contributed by atoms with Gasteiger partial charge in [-0.3, -0.25) is 4.79 Å². The summed E-state index contributed by atoms with van der Waals surface area (Å²) in [5, 5.41) is 0. The average Bonchev–Trinajstić information content (AvgIpc) is 2.79. The number of carbonyl (C=O) groups excluding carboxylic acids is 1. The number of carbonyl (C=O) groups is 1. The number of methoxy groups -OCH3 is 1. The Labute approximate surface area is 172 Å². The van der Waals surface area contributed by atoms with Crippen LogP contribution in [0.15, 0.2) is 30.5 Å². The third-order valence-electron chi connectivity index (χ3n) is 6.07. The number of aromatic nitrogens is 2. The fourth-order valence-electron chi connectivity index (χ4n) is 4.13. The predicted molar refractivity (Wildman–Crippen MR) is 114 cm³/mol. The maximum Gasteiger partial charge on any atom is 0.259 e. The molecule has 0 bridgehead atoms. The monoisotopic (exact) mass is 394 g/mol. The van der Waals surface area contributed by atoms with E-state index in [1.54, 1.807) is 13.3 Å². The van der Waals surface area contributed by atoms with Gasteiger partial charge >= 0.3 is 0 Å². The van der Waals surface area contributed by atoms with Crippen LogP contribution in [0, 0.1) is 5.92 Å². The first kappa shape index (κ1) is 19.7. The lowest BCUT2D eigenvalue weighted by Crippen LogP contribution is -2.39. The molecule has 0 spiro atoms. The van der Waals surface area contributed by atoms with Crippen molar-refractivity contribution < 1.29 is 9.53 Å². The minimum absolute atomic E-state index is 0.0691. The first-order valence-corrected chi connectivity index (χ1v) is 10.7. The van der Waals surface area contributed by atoms with Crippen LogP contribution in [0.5, 0.6) is 5.75 Å². The molecule has 0 N–H and O–H groups in total. The van der Waals surface area contributed by atoms with Crippen LogP contribution in [-0.4, -0.2) is 54.1 Å². The van der Waals surface area contributed by atoms with Crippen molar-refractivity contribution in [3.8, 4) is 17.1 Å². The van der Waals surface area contributed by atoms with Gasteiger partial charge in [0.2, 0.25) is 0 Å². The number of hydrogen-bond donors (Lipinski definition) is 0. The second kappa shape index (κ2) is 8.80. The highest BCUT2D eigenvalue weighted by molar-refractivity contribution is 5.99. The SMILES string of the molecule is COc1ccc(-c2ncc(C(=O)N3CCCCC3)c(N3CCC(C)CC3)n2)cc1. The molecule has 0 aliphatic carbocycles. The van der Waals surface area contributed by atoms with Gasteiger partial charge in [0.1, 0.15) is 17.1 Å². The zero-order valence-corrected chi connectivity index (χ0v) is 17.4. The third-order valence-corrected chi connectivity index (χ3v) is 6.07. The van der Waals surface area contributed by atoms with Gasteiger partial charge in [0.25, 0.3) is 5.91 Å². The van der Waals surface area contributed by atoms with E-state index in [1.165, 1.54) is 6.42 Å². The standard InChI is InChI=1S/C23H30N4O2/c1-17-10-14-26(15-11-17)22-20(23(28)27-12-4-3-5-13-27)16-24-21(25-22)18-6-8-19(29-2)9-7-18/h6-9,16-17H,3-5,10-15H2,1-2H3. The van der Waals surface area contributed by atoms with Crippen LogP contribution < -0.4 is 9.64 Å². The van der Waals surface area contributed by atoms with Crippen LogP contribution in [0.1, 0.15) is 49.4 Å². The molecule has 6 nitrogen and oxygen atoms in total. The minimum Gasteiger partial charge on any atom is -0.497 e. The Morgan fingerprint density at radius 1 is 1.03 bits per heavy atom. The van der Waals surface area contributed by atoms with Gasteiger partial charge in [-0.05, 0) is 62.3 Å². The topological polar surface area (TPSA) is 58.6 Å². The lowest BCUT2D eigenvalue weighted by atomic mass is 9.99. The first-order valence-electron chi connectivity index (χ1n) is 10.7. The zero-order valence-electron chi connectivity index (χ0n) is 17.4. The van der Waals surface area contributed by atoms with E-state index in [4.69, 9.17) is 9.72 Å². The normalized spacial score (nSPS) is 18.0. The van der Waals surface area contributed by atoms with E-state index in [1.807, 2.05) is 29.2 Å². The molecule has 0 saturated carbocycles. The summed E-state index contributed by atoms with van der Waals surface area (Å²) in [6.07, 6.45) is 7.34. The van der Waals surface area contributed by atoms with Crippen LogP contribution in [0.4, 0.5) is 5.82 Å². The van der Waals surface area contributed by atoms with Crippen molar-refractivity contribution in [2.24, 2.45) is 5.92 Å². The summed E-state index contributed by atoms with van der Waals surface area (Å²) in [5.41, 5.74) is 1.56. The first-order chi connectivity index (χ1) is 14.2. The summed E-state index contributed by atoms with van der Waals surface area (Å²) >= 11 is 0. The lowest BCUT2D eigenvalue weighted by Gasteiger charge is -2.33. The Hall–Kier alpha value is -2.63. The molecule has 3 heterocycles. The zero-order chi connectivity index (χ0) is 20.2. The summed E-state index contributed by atoms with van der Waals surface area (Å²) in [4.78, 5) is 26.9. The molecule has 2 aromatic rings. The van der Waals surface area contributed by atoms with Crippen molar-refractivity contribution in [3.05, 3.63) is 36.0 Å². The molecule has 4 rings (SSSR count). The third kappa shape index (κ3) is 4.36. The van der Waals surface area contributed by atoms with Crippen molar-refractivity contribution in [1.29, 1.82) is 0 Å². The molecule has 29 heavy (non-hydrogen) atoms. The average molecular weight is 395 g/mol. The maximum atomic E-state index is 13.3. The number of ether oxygens (including phenoxy) is 1. The number of rotatable bonds is 4. The van der Waals surface area contributed by atoms with E-state index in [-0.39, 0.29) is 5.91 Å². The van der Waals surface area contributed by atoms with Gasteiger partial charge in [-0.25, -0.2) is 9.97 Å². The van der Waals surface area contributed by atoms with Gasteiger partial charge in [-0.1, -0.05) is 6.92 Å². The summed E-state index contributed by atoms with van der Waals surface area (Å²) in [6, 6.07) is 7.74. The summed E-state index contributed by atoms with van der Waals surface area (Å²) in [5.74, 6) is 3.02. The van der Waals surface area contributed by atoms with Crippen molar-refractivity contribution in [2.45, 2.75) is 39.0 Å². The number of amides is 1. The smallest absolute Gasteiger partial charge is 0.259 e. The highest BCUT2D eigenvalue weighted by Gasteiger charge is 2.27. The Morgan fingerprint density at radius 3 is 2.38 bits per heavy atom. The van der Waals surface area contributed by atoms with Gasteiger partial charge in [0.05, 0.1) is 7.11 Å². The quantitative estimate of drug-likeness (QED) is 0.784. The van der Waals surface area contributed by atoms with Crippen molar-refractivity contribution in [2.75, 3.05) is 38.2 Å². The molecular formula is C23H30N4O2. The Kier molecular flexibility index (Phi) is 5.97. The summed E-state index contributed by atoms with van der Waals surface area (Å²) in [6.45, 7) is 5.81. The fourth-order valence-corrected chi connectivity index (χ4v) is 4.13. The van der Waals surface area contributed by atoms with Crippen LogP contribution in [-0.2, 0) is 0 Å². The molecule has 0 unspecified atom stereocenters. The van der Waals surface area contributed by atoms with Crippen molar-refractivity contribution in [3.63, 3.8) is 0 Å². The summed E-state index contributed by atoms with van der Waals surface area (Å²) in [7, 11) is 1.65. The van der Waals surface area contributed by atoms with Crippen LogP contribution in [0.25, 0.3) is 11.4 Å². The summed E-state index contributed by atoms with van der Waals surface area (Å²) < 4.78 is 5.25. The molecule has 2 fully saturated rings. The minimum atomic E-state index is 0.0691. The highest BCUT2D eigenvalue weighted by atomic mass is 16.5. The van der Waals surface area contributed by atoms with Gasteiger partial charge < -0.3 is 14.5 Å². The van der Waals surface area contributed by atoms with E-state index < -0.39 is 0 Å². The van der Waals surface area contributed by atoms with E-state index in [9.17, 15) is 4.79 Å². The second-order valence-corrected chi connectivity index (χ2v) is 8.18. The molecule has 2 saturated heterocycles. The fraction of sp³-hybridized carbons (Fsp3) is 0.522. The number of nitrogens with zero attached hydrogens (tertiary/aromatic N) is 4. The van der Waals surface area contributed by atoms with E-state index >= 15 is 0 Å². The van der Waals surface area contributed by atoms with E-state index in [0.717, 1.165) is 74.9 Å². The Bertz CT molecular complexity index is 838. The molecular weight excluding hydrogens is 364 g/mol. The molecule has 0 radical (unpaired) electrons. The van der Waals surface area contributed by atoms with Crippen LogP contribution >= 0.6 is 0 Å². The maximum absolute atomic E-state index is 13.3. The van der Waals surface area contributed by atoms with Gasteiger partial charge in [-0.2, -0.15) is 0 Å². The number of likely N-dealkylation sites (tertiary alicyclic amines) is 1. The molecule has 6 heteroatoms. The molecule has 2 aliphatic heterocycles. The molecule has 154 valence electrons. The van der Waals surface area contributed by atoms with Crippen molar-refractivity contribution >= 4 is 11.7 Å².